The molecule has 0 bridgehead atoms. The van der Waals surface area contributed by atoms with E-state index in [0.29, 0.717) is 25.3 Å². The van der Waals surface area contributed by atoms with Crippen molar-refractivity contribution in [2.45, 2.75) is 13.0 Å². The lowest BCUT2D eigenvalue weighted by Gasteiger charge is -2.26. The minimum atomic E-state index is -2.79. The summed E-state index contributed by atoms with van der Waals surface area (Å²) in [5, 5.41) is 15.6. The maximum absolute atomic E-state index is 12.7. The summed E-state index contributed by atoms with van der Waals surface area (Å²) in [6.07, 6.45) is -0.921. The summed E-state index contributed by atoms with van der Waals surface area (Å²) in [4.78, 5) is 10.3. The highest BCUT2D eigenvalue weighted by atomic mass is 19.3. The smallest absolute Gasteiger partial charge is 0.314 e. The predicted octanol–water partition coefficient (Wildman–Crippen LogP) is 3.69. The summed E-state index contributed by atoms with van der Waals surface area (Å²) >= 11 is 0. The lowest BCUT2D eigenvalue weighted by atomic mass is 10.1. The predicted molar refractivity (Wildman–Crippen MR) is 122 cm³/mol. The Morgan fingerprint density at radius 1 is 0.971 bits per heavy atom. The maximum Gasteiger partial charge on any atom is 0.314 e. The van der Waals surface area contributed by atoms with Crippen LogP contribution in [0.4, 0.5) is 14.7 Å². The molecule has 0 aliphatic carbocycles. The number of fused-ring (bicyclic) bond motifs is 1. The van der Waals surface area contributed by atoms with Crippen molar-refractivity contribution in [1.29, 1.82) is 0 Å². The van der Waals surface area contributed by atoms with Crippen molar-refractivity contribution in [3.8, 4) is 22.7 Å². The van der Waals surface area contributed by atoms with Crippen LogP contribution in [-0.4, -0.2) is 61.5 Å². The Morgan fingerprint density at radius 2 is 1.77 bits per heavy atom. The summed E-state index contributed by atoms with van der Waals surface area (Å²) in [7, 11) is 0. The molecule has 12 heteroatoms. The van der Waals surface area contributed by atoms with Crippen LogP contribution in [0.15, 0.2) is 53.1 Å². The largest absolute Gasteiger partial charge is 0.415 e. The van der Waals surface area contributed by atoms with Gasteiger partial charge < -0.3 is 19.0 Å². The maximum atomic E-state index is 12.7. The van der Waals surface area contributed by atoms with Crippen molar-refractivity contribution in [3.63, 3.8) is 0 Å². The Kier molecular flexibility index (Phi) is 5.41. The first kappa shape index (κ1) is 21.4. The van der Waals surface area contributed by atoms with Crippen LogP contribution in [0, 0.1) is 0 Å². The summed E-state index contributed by atoms with van der Waals surface area (Å²) in [6.45, 7) is 3.52. The number of imidazole rings is 1. The zero-order chi connectivity index (χ0) is 23.8. The van der Waals surface area contributed by atoms with E-state index < -0.39 is 12.3 Å². The van der Waals surface area contributed by atoms with E-state index in [-0.39, 0.29) is 5.89 Å². The van der Waals surface area contributed by atoms with Crippen LogP contribution in [0.2, 0.25) is 0 Å². The van der Waals surface area contributed by atoms with E-state index in [2.05, 4.69) is 30.4 Å². The van der Waals surface area contributed by atoms with E-state index >= 15 is 0 Å². The molecule has 2 aromatic carbocycles. The molecule has 0 saturated carbocycles. The van der Waals surface area contributed by atoms with E-state index in [4.69, 9.17) is 14.1 Å². The molecule has 3 aromatic heterocycles. The molecule has 0 atom stereocenters. The van der Waals surface area contributed by atoms with Crippen LogP contribution in [0.1, 0.15) is 17.9 Å². The number of hydrogen-bond acceptors (Lipinski definition) is 8. The zero-order valence-electron chi connectivity index (χ0n) is 18.4. The number of rotatable bonds is 6. The number of benzene rings is 2. The van der Waals surface area contributed by atoms with E-state index in [1.54, 1.807) is 16.8 Å². The van der Waals surface area contributed by atoms with Gasteiger partial charge in [-0.15, -0.1) is 15.3 Å². The van der Waals surface area contributed by atoms with Crippen LogP contribution < -0.4 is 4.90 Å². The van der Waals surface area contributed by atoms with E-state index in [1.165, 1.54) is 0 Å². The number of alkyl halides is 2. The van der Waals surface area contributed by atoms with Gasteiger partial charge in [0.15, 0.2) is 0 Å². The molecule has 35 heavy (non-hydrogen) atoms. The van der Waals surface area contributed by atoms with Gasteiger partial charge in [-0.2, -0.15) is 8.78 Å². The lowest BCUT2D eigenvalue weighted by molar-refractivity contribution is 0.116. The highest BCUT2D eigenvalue weighted by molar-refractivity contribution is 5.82. The molecule has 1 fully saturated rings. The molecule has 5 aromatic rings. The van der Waals surface area contributed by atoms with Gasteiger partial charge in [-0.1, -0.05) is 23.4 Å². The first-order valence-corrected chi connectivity index (χ1v) is 11.1. The summed E-state index contributed by atoms with van der Waals surface area (Å²) in [5.41, 5.74) is 5.01. The number of ether oxygens (including phenoxy) is 1. The van der Waals surface area contributed by atoms with Crippen molar-refractivity contribution >= 4 is 17.0 Å². The Labute approximate surface area is 197 Å². The third kappa shape index (κ3) is 4.35. The molecule has 0 spiro atoms. The number of aromatic nitrogens is 7. The number of aromatic amines is 1. The molecule has 178 valence electrons. The Morgan fingerprint density at radius 3 is 2.54 bits per heavy atom. The van der Waals surface area contributed by atoms with E-state index in [1.807, 2.05) is 36.5 Å². The van der Waals surface area contributed by atoms with Crippen LogP contribution in [0.5, 0.6) is 0 Å². The average molecular weight is 478 g/mol. The highest BCUT2D eigenvalue weighted by Crippen LogP contribution is 2.25. The highest BCUT2D eigenvalue weighted by Gasteiger charge is 2.17. The number of morpholine rings is 1. The molecule has 10 nitrogen and oxygen atoms in total. The number of nitrogens with zero attached hydrogens (tertiary/aromatic N) is 7. The summed E-state index contributed by atoms with van der Waals surface area (Å²) in [6, 6.07) is 13.2. The van der Waals surface area contributed by atoms with Crippen molar-refractivity contribution in [1.82, 2.24) is 35.2 Å². The molecule has 1 aliphatic heterocycles. The molecule has 1 N–H and O–H groups in total. The fraction of sp³-hybridized carbons (Fsp3) is 0.261. The van der Waals surface area contributed by atoms with Gasteiger partial charge in [-0.25, -0.2) is 9.67 Å². The molecular formula is C23H20F2N8O2. The first-order valence-electron chi connectivity index (χ1n) is 11.1. The number of nitrogens with one attached hydrogen (secondary N) is 1. The fourth-order valence-electron chi connectivity index (χ4n) is 3.96. The van der Waals surface area contributed by atoms with E-state index in [0.717, 1.165) is 46.9 Å². The minimum Gasteiger partial charge on any atom is -0.415 e. The summed E-state index contributed by atoms with van der Waals surface area (Å²) in [5.74, 6) is 0.212. The van der Waals surface area contributed by atoms with Gasteiger partial charge in [0.25, 0.3) is 5.89 Å². The second-order valence-corrected chi connectivity index (χ2v) is 8.14. The zero-order valence-corrected chi connectivity index (χ0v) is 18.4. The fourth-order valence-corrected chi connectivity index (χ4v) is 3.96. The average Bonchev–Trinajstić information content (AvgIpc) is 3.64. The van der Waals surface area contributed by atoms with Gasteiger partial charge in [0.1, 0.15) is 5.69 Å². The lowest BCUT2D eigenvalue weighted by Crippen LogP contribution is -2.36. The molecule has 1 aliphatic rings. The number of halogens is 2. The monoisotopic (exact) mass is 478 g/mol. The molecule has 1 saturated heterocycles. The molecule has 0 unspecified atom stereocenters. The topological polar surface area (TPSA) is 111 Å². The van der Waals surface area contributed by atoms with Crippen LogP contribution >= 0.6 is 0 Å². The normalized spacial score (nSPS) is 14.3. The second-order valence-electron chi connectivity index (χ2n) is 8.14. The Bertz CT molecular complexity index is 1450. The number of anilines is 1. The first-order chi connectivity index (χ1) is 17.1. The van der Waals surface area contributed by atoms with Crippen molar-refractivity contribution in [2.24, 2.45) is 0 Å². The number of H-pyrrole nitrogens is 1. The summed E-state index contributed by atoms with van der Waals surface area (Å²) < 4.78 is 37.5. The minimum absolute atomic E-state index is 0.0560. The standard InChI is InChI=1S/C23H20F2N8O2/c24-20(25)22-30-29-21(35-22)15-3-1-14(2-4-15)12-33-13-19(28-31-33)16-5-6-17-18(11-16)27-23(26-17)32-7-9-34-10-8-32/h1-6,11,13,20H,7-10,12H2,(H,26,27). The Balaban J connectivity index is 1.17. The van der Waals surface area contributed by atoms with Gasteiger partial charge in [0.2, 0.25) is 11.8 Å². The molecular weight excluding hydrogens is 458 g/mol. The molecule has 0 amide bonds. The SMILES string of the molecule is FC(F)c1nnc(-c2ccc(Cn3cc(-c4ccc5[nH]c(N6CCOCC6)nc5c4)nn3)cc2)o1. The molecule has 6 rings (SSSR count). The van der Waals surface area contributed by atoms with Crippen LogP contribution in [0.25, 0.3) is 33.7 Å². The van der Waals surface area contributed by atoms with Gasteiger partial charge in [0.05, 0.1) is 37.0 Å². The van der Waals surface area contributed by atoms with Crippen LogP contribution in [0.3, 0.4) is 0 Å². The van der Waals surface area contributed by atoms with Gasteiger partial charge >= 0.3 is 6.43 Å². The van der Waals surface area contributed by atoms with Crippen LogP contribution in [-0.2, 0) is 11.3 Å². The Hall–Kier alpha value is -4.19. The van der Waals surface area contributed by atoms with Gasteiger partial charge in [0, 0.05) is 24.2 Å². The third-order valence-electron chi connectivity index (χ3n) is 5.79. The molecule has 0 radical (unpaired) electrons. The van der Waals surface area contributed by atoms with Gasteiger partial charge in [-0.05, 0) is 29.8 Å². The van der Waals surface area contributed by atoms with E-state index in [9.17, 15) is 8.78 Å². The quantitative estimate of drug-likeness (QED) is 0.393. The van der Waals surface area contributed by atoms with Crippen molar-refractivity contribution in [2.75, 3.05) is 31.2 Å². The van der Waals surface area contributed by atoms with Crippen molar-refractivity contribution < 1.29 is 17.9 Å². The second kappa shape index (κ2) is 8.87. The number of hydrogen-bond donors (Lipinski definition) is 1. The third-order valence-corrected chi connectivity index (χ3v) is 5.79. The molecule has 4 heterocycles. The van der Waals surface area contributed by atoms with Crippen molar-refractivity contribution in [3.05, 3.63) is 60.1 Å². The van der Waals surface area contributed by atoms with Gasteiger partial charge in [-0.3, -0.25) is 0 Å².